The molecule has 7 nitrogen and oxygen atoms in total. The largest absolute Gasteiger partial charge is 0.375 e. The van der Waals surface area contributed by atoms with E-state index in [0.717, 1.165) is 18.7 Å². The summed E-state index contributed by atoms with van der Waals surface area (Å²) in [6.07, 6.45) is 2.32. The van der Waals surface area contributed by atoms with E-state index in [1.165, 1.54) is 29.6 Å². The van der Waals surface area contributed by atoms with Crippen LogP contribution in [-0.2, 0) is 10.0 Å². The number of para-hydroxylation sites is 1. The maximum atomic E-state index is 12.4. The molecule has 8 heteroatoms. The van der Waals surface area contributed by atoms with Gasteiger partial charge in [0.2, 0.25) is 10.0 Å². The van der Waals surface area contributed by atoms with Gasteiger partial charge in [-0.05, 0) is 42.8 Å². The van der Waals surface area contributed by atoms with Gasteiger partial charge >= 0.3 is 6.03 Å². The Kier molecular flexibility index (Phi) is 8.23. The van der Waals surface area contributed by atoms with E-state index >= 15 is 0 Å². The minimum absolute atomic E-state index is 0.164. The highest BCUT2D eigenvalue weighted by Crippen LogP contribution is 2.17. The van der Waals surface area contributed by atoms with Crippen LogP contribution in [0, 0.1) is 0 Å². The first-order valence-electron chi connectivity index (χ1n) is 9.33. The Bertz CT molecular complexity index is 899. The molecule has 0 unspecified atom stereocenters. The molecule has 2 N–H and O–H groups in total. The second-order valence-corrected chi connectivity index (χ2v) is 8.64. The Hall–Kier alpha value is -2.84. The fourth-order valence-electron chi connectivity index (χ4n) is 2.68. The molecule has 0 radical (unpaired) electrons. The van der Waals surface area contributed by atoms with Gasteiger partial charge in [-0.15, -0.1) is 6.58 Å². The fourth-order valence-corrected chi connectivity index (χ4v) is 3.82. The van der Waals surface area contributed by atoms with E-state index in [1.807, 2.05) is 37.4 Å². The molecule has 2 rings (SSSR count). The highest BCUT2D eigenvalue weighted by molar-refractivity contribution is 7.89. The molecule has 0 spiro atoms. The van der Waals surface area contributed by atoms with Gasteiger partial charge in [0, 0.05) is 45.1 Å². The van der Waals surface area contributed by atoms with Crippen LogP contribution in [0.1, 0.15) is 6.42 Å². The topological polar surface area (TPSA) is 81.8 Å². The molecule has 156 valence electrons. The minimum Gasteiger partial charge on any atom is -0.375 e. The molecule has 29 heavy (non-hydrogen) atoms. The van der Waals surface area contributed by atoms with Crippen molar-refractivity contribution in [3.05, 3.63) is 67.3 Å². The molecule has 2 aromatic rings. The van der Waals surface area contributed by atoms with Crippen LogP contribution < -0.4 is 15.5 Å². The van der Waals surface area contributed by atoms with Crippen molar-refractivity contribution in [3.63, 3.8) is 0 Å². The molecule has 2 aromatic carbocycles. The van der Waals surface area contributed by atoms with Gasteiger partial charge in [0.25, 0.3) is 0 Å². The standard InChI is InChI=1S/C21H28N4O3S/c1-4-16-25(3)29(27,28)20-13-11-18(12-14-20)23-21(26)22-15-8-17-24(2)19-9-6-5-7-10-19/h4-7,9-14H,1,8,15-17H2,2-3H3,(H2,22,23,26). The van der Waals surface area contributed by atoms with E-state index in [9.17, 15) is 13.2 Å². The third-order valence-corrected chi connectivity index (χ3v) is 6.20. The van der Waals surface area contributed by atoms with Gasteiger partial charge in [0.15, 0.2) is 0 Å². The second-order valence-electron chi connectivity index (χ2n) is 6.59. The molecule has 0 aromatic heterocycles. The number of hydrogen-bond donors (Lipinski definition) is 2. The van der Waals surface area contributed by atoms with Crippen LogP contribution in [-0.4, -0.2) is 52.5 Å². The first-order chi connectivity index (χ1) is 13.8. The van der Waals surface area contributed by atoms with E-state index in [0.29, 0.717) is 12.2 Å². The van der Waals surface area contributed by atoms with Crippen LogP contribution in [0.25, 0.3) is 0 Å². The summed E-state index contributed by atoms with van der Waals surface area (Å²) in [6, 6.07) is 15.8. The number of likely N-dealkylation sites (N-methyl/N-ethyl adjacent to an activating group) is 1. The third kappa shape index (κ3) is 6.62. The third-order valence-electron chi connectivity index (χ3n) is 4.36. The zero-order chi connectivity index (χ0) is 21.3. The molecule has 0 aliphatic rings. The average molecular weight is 417 g/mol. The van der Waals surface area contributed by atoms with Crippen molar-refractivity contribution in [1.82, 2.24) is 9.62 Å². The van der Waals surface area contributed by atoms with Gasteiger partial charge in [-0.3, -0.25) is 0 Å². The van der Waals surface area contributed by atoms with Crippen molar-refractivity contribution >= 4 is 27.4 Å². The van der Waals surface area contributed by atoms with Crippen molar-refractivity contribution in [2.45, 2.75) is 11.3 Å². The second kappa shape index (κ2) is 10.6. The van der Waals surface area contributed by atoms with Crippen LogP contribution in [0.5, 0.6) is 0 Å². The highest BCUT2D eigenvalue weighted by Gasteiger charge is 2.19. The molecular formula is C21H28N4O3S. The van der Waals surface area contributed by atoms with Gasteiger partial charge in [0.05, 0.1) is 4.90 Å². The summed E-state index contributed by atoms with van der Waals surface area (Å²) in [5, 5.41) is 5.51. The van der Waals surface area contributed by atoms with Crippen molar-refractivity contribution in [2.24, 2.45) is 0 Å². The lowest BCUT2D eigenvalue weighted by atomic mass is 10.3. The Labute approximate surface area is 173 Å². The van der Waals surface area contributed by atoms with Crippen molar-refractivity contribution in [1.29, 1.82) is 0 Å². The lowest BCUT2D eigenvalue weighted by Crippen LogP contribution is -2.31. The summed E-state index contributed by atoms with van der Waals surface area (Å²) in [5.41, 5.74) is 1.65. The van der Waals surface area contributed by atoms with E-state index in [4.69, 9.17) is 0 Å². The van der Waals surface area contributed by atoms with Crippen LogP contribution in [0.4, 0.5) is 16.2 Å². The zero-order valence-corrected chi connectivity index (χ0v) is 17.7. The summed E-state index contributed by atoms with van der Waals surface area (Å²) < 4.78 is 25.9. The van der Waals surface area contributed by atoms with E-state index in [2.05, 4.69) is 22.1 Å². The molecule has 0 saturated carbocycles. The number of nitrogens with zero attached hydrogens (tertiary/aromatic N) is 2. The average Bonchev–Trinajstić information content (AvgIpc) is 2.72. The van der Waals surface area contributed by atoms with E-state index in [-0.39, 0.29) is 17.5 Å². The zero-order valence-electron chi connectivity index (χ0n) is 16.8. The molecule has 0 fully saturated rings. The number of benzene rings is 2. The molecular weight excluding hydrogens is 388 g/mol. The number of carbonyl (C=O) groups is 1. The van der Waals surface area contributed by atoms with Gasteiger partial charge < -0.3 is 15.5 Å². The predicted octanol–water partition coefficient (Wildman–Crippen LogP) is 3.14. The summed E-state index contributed by atoms with van der Waals surface area (Å²) in [6.45, 7) is 5.12. The summed E-state index contributed by atoms with van der Waals surface area (Å²) in [4.78, 5) is 14.3. The maximum absolute atomic E-state index is 12.4. The van der Waals surface area contributed by atoms with Gasteiger partial charge in [-0.1, -0.05) is 24.3 Å². The Morgan fingerprint density at radius 2 is 1.72 bits per heavy atom. The lowest BCUT2D eigenvalue weighted by Gasteiger charge is -2.19. The first-order valence-corrected chi connectivity index (χ1v) is 10.8. The molecule has 0 saturated heterocycles. The highest BCUT2D eigenvalue weighted by atomic mass is 32.2. The van der Waals surface area contributed by atoms with Crippen molar-refractivity contribution < 1.29 is 13.2 Å². The smallest absolute Gasteiger partial charge is 0.319 e. The van der Waals surface area contributed by atoms with Crippen molar-refractivity contribution in [3.8, 4) is 0 Å². The van der Waals surface area contributed by atoms with Crippen LogP contribution in [0.3, 0.4) is 0 Å². The number of rotatable bonds is 10. The van der Waals surface area contributed by atoms with Crippen LogP contribution in [0.15, 0.2) is 72.1 Å². The summed E-state index contributed by atoms with van der Waals surface area (Å²) >= 11 is 0. The Morgan fingerprint density at radius 3 is 2.34 bits per heavy atom. The van der Waals surface area contributed by atoms with Crippen LogP contribution >= 0.6 is 0 Å². The van der Waals surface area contributed by atoms with E-state index in [1.54, 1.807) is 12.1 Å². The lowest BCUT2D eigenvalue weighted by molar-refractivity contribution is 0.252. The normalized spacial score (nSPS) is 11.1. The Morgan fingerprint density at radius 1 is 1.07 bits per heavy atom. The van der Waals surface area contributed by atoms with Gasteiger partial charge in [0.1, 0.15) is 0 Å². The maximum Gasteiger partial charge on any atom is 0.319 e. The quantitative estimate of drug-likeness (QED) is 0.461. The Balaban J connectivity index is 1.78. The van der Waals surface area contributed by atoms with Crippen LogP contribution in [0.2, 0.25) is 0 Å². The van der Waals surface area contributed by atoms with Gasteiger partial charge in [-0.2, -0.15) is 4.31 Å². The minimum atomic E-state index is -3.57. The van der Waals surface area contributed by atoms with Crippen molar-refractivity contribution in [2.75, 3.05) is 43.9 Å². The number of amides is 2. The molecule has 0 atom stereocenters. The SMILES string of the molecule is C=CCN(C)S(=O)(=O)c1ccc(NC(=O)NCCCN(C)c2ccccc2)cc1. The molecule has 0 aliphatic heterocycles. The summed E-state index contributed by atoms with van der Waals surface area (Å²) in [5.74, 6) is 0. The molecule has 0 heterocycles. The number of anilines is 2. The van der Waals surface area contributed by atoms with E-state index < -0.39 is 10.0 Å². The molecule has 2 amide bonds. The number of hydrogen-bond acceptors (Lipinski definition) is 4. The molecule has 0 bridgehead atoms. The molecule has 0 aliphatic carbocycles. The summed E-state index contributed by atoms with van der Waals surface area (Å²) in [7, 11) is -0.0626. The number of urea groups is 1. The predicted molar refractivity (Wildman–Crippen MR) is 118 cm³/mol. The number of sulfonamides is 1. The first kappa shape index (κ1) is 22.4. The fraction of sp³-hybridized carbons (Fsp3) is 0.286. The number of carbonyl (C=O) groups excluding carboxylic acids is 1. The number of nitrogens with one attached hydrogen (secondary N) is 2. The van der Waals surface area contributed by atoms with Gasteiger partial charge in [-0.25, -0.2) is 13.2 Å². The monoisotopic (exact) mass is 416 g/mol.